The lowest BCUT2D eigenvalue weighted by Gasteiger charge is -1.91. The molecule has 2 aromatic heterocycles. The van der Waals surface area contributed by atoms with Gasteiger partial charge in [-0.1, -0.05) is 5.21 Å². The van der Waals surface area contributed by atoms with E-state index in [1.54, 1.807) is 14.0 Å². The molecule has 6 nitrogen and oxygen atoms in total. The van der Waals surface area contributed by atoms with Crippen LogP contribution in [0.4, 0.5) is 0 Å². The summed E-state index contributed by atoms with van der Waals surface area (Å²) in [5.74, 6) is 0.549. The van der Waals surface area contributed by atoms with Crippen molar-refractivity contribution in [3.8, 4) is 0 Å². The summed E-state index contributed by atoms with van der Waals surface area (Å²) >= 11 is 0. The van der Waals surface area contributed by atoms with E-state index in [2.05, 4.69) is 20.3 Å². The van der Waals surface area contributed by atoms with Gasteiger partial charge in [0, 0.05) is 7.05 Å². The Morgan fingerprint density at radius 1 is 1.50 bits per heavy atom. The summed E-state index contributed by atoms with van der Waals surface area (Å²) in [6, 6.07) is 0. The van der Waals surface area contributed by atoms with Crippen molar-refractivity contribution in [3.05, 3.63) is 16.2 Å². The number of rotatable bonds is 0. The van der Waals surface area contributed by atoms with Gasteiger partial charge >= 0.3 is 0 Å². The van der Waals surface area contributed by atoms with Crippen LogP contribution in [0, 0.1) is 6.92 Å². The third-order valence-corrected chi connectivity index (χ3v) is 1.59. The number of hydrogen-bond donors (Lipinski definition) is 1. The molecule has 0 aliphatic carbocycles. The Bertz CT molecular complexity index is 482. The summed E-state index contributed by atoms with van der Waals surface area (Å²) in [6.45, 7) is 1.70. The van der Waals surface area contributed by atoms with Crippen molar-refractivity contribution in [1.82, 2.24) is 25.0 Å². The topological polar surface area (TPSA) is 76.5 Å². The summed E-state index contributed by atoms with van der Waals surface area (Å²) in [5, 5.41) is 7.40. The zero-order valence-corrected chi connectivity index (χ0v) is 6.70. The molecular weight excluding hydrogens is 158 g/mol. The van der Waals surface area contributed by atoms with Gasteiger partial charge in [0.1, 0.15) is 5.82 Å². The van der Waals surface area contributed by atoms with Crippen LogP contribution in [-0.2, 0) is 7.05 Å². The fraction of sp³-hybridized carbons (Fsp3) is 0.333. The Balaban J connectivity index is 3.03. The molecular formula is C6H7N5O. The first kappa shape index (κ1) is 6.96. The quantitative estimate of drug-likeness (QED) is 0.563. The second-order valence-electron chi connectivity index (χ2n) is 2.54. The molecule has 0 atom stereocenters. The average molecular weight is 165 g/mol. The van der Waals surface area contributed by atoms with E-state index in [9.17, 15) is 4.79 Å². The first-order chi connectivity index (χ1) is 5.68. The first-order valence-corrected chi connectivity index (χ1v) is 3.45. The lowest BCUT2D eigenvalue weighted by atomic mass is 10.5. The maximum absolute atomic E-state index is 11.3. The van der Waals surface area contributed by atoms with E-state index in [4.69, 9.17) is 0 Å². The van der Waals surface area contributed by atoms with Crippen LogP contribution in [0.15, 0.2) is 4.79 Å². The highest BCUT2D eigenvalue weighted by Crippen LogP contribution is 1.98. The van der Waals surface area contributed by atoms with Crippen LogP contribution >= 0.6 is 0 Å². The monoisotopic (exact) mass is 165 g/mol. The molecule has 0 aliphatic heterocycles. The largest absolute Gasteiger partial charge is 0.309 e. The maximum Gasteiger partial charge on any atom is 0.278 e. The minimum absolute atomic E-state index is 0.204. The molecule has 0 saturated heterocycles. The van der Waals surface area contributed by atoms with Gasteiger partial charge in [-0.2, -0.15) is 0 Å². The minimum atomic E-state index is -0.204. The van der Waals surface area contributed by atoms with Crippen LogP contribution in [0.25, 0.3) is 11.2 Å². The van der Waals surface area contributed by atoms with Crippen LogP contribution < -0.4 is 5.56 Å². The van der Waals surface area contributed by atoms with Crippen LogP contribution in [0.1, 0.15) is 5.82 Å². The molecule has 0 fully saturated rings. The highest BCUT2D eigenvalue weighted by molar-refractivity contribution is 5.67. The van der Waals surface area contributed by atoms with E-state index in [1.165, 1.54) is 4.68 Å². The number of nitrogens with zero attached hydrogens (tertiary/aromatic N) is 4. The van der Waals surface area contributed by atoms with Crippen LogP contribution in [-0.4, -0.2) is 25.0 Å². The predicted molar refractivity (Wildman–Crippen MR) is 41.7 cm³/mol. The molecule has 0 aromatic carbocycles. The van der Waals surface area contributed by atoms with Crippen LogP contribution in [0.2, 0.25) is 0 Å². The smallest absolute Gasteiger partial charge is 0.278 e. The molecule has 0 unspecified atom stereocenters. The molecule has 2 rings (SSSR count). The van der Waals surface area contributed by atoms with Gasteiger partial charge in [-0.05, 0) is 6.92 Å². The molecule has 2 heterocycles. The second-order valence-corrected chi connectivity index (χ2v) is 2.54. The van der Waals surface area contributed by atoms with Crippen molar-refractivity contribution >= 4 is 11.2 Å². The van der Waals surface area contributed by atoms with E-state index in [0.717, 1.165) is 0 Å². The number of aromatic amines is 1. The minimum Gasteiger partial charge on any atom is -0.309 e. The number of aromatic nitrogens is 5. The van der Waals surface area contributed by atoms with E-state index in [-0.39, 0.29) is 5.56 Å². The molecule has 0 saturated carbocycles. The molecule has 0 aliphatic rings. The van der Waals surface area contributed by atoms with Crippen LogP contribution in [0.3, 0.4) is 0 Å². The van der Waals surface area contributed by atoms with Gasteiger partial charge in [-0.3, -0.25) is 4.79 Å². The highest BCUT2D eigenvalue weighted by atomic mass is 16.1. The Kier molecular flexibility index (Phi) is 1.24. The molecule has 0 amide bonds. The molecule has 0 spiro atoms. The number of hydrogen-bond acceptors (Lipinski definition) is 4. The Morgan fingerprint density at radius 2 is 2.25 bits per heavy atom. The highest BCUT2D eigenvalue weighted by Gasteiger charge is 2.06. The summed E-state index contributed by atoms with van der Waals surface area (Å²) < 4.78 is 1.40. The average Bonchev–Trinajstić information content (AvgIpc) is 2.31. The maximum atomic E-state index is 11.3. The summed E-state index contributed by atoms with van der Waals surface area (Å²) in [4.78, 5) is 17.9. The third kappa shape index (κ3) is 0.810. The van der Waals surface area contributed by atoms with Crippen molar-refractivity contribution in [2.75, 3.05) is 0 Å². The van der Waals surface area contributed by atoms with E-state index < -0.39 is 0 Å². The Morgan fingerprint density at radius 3 is 3.00 bits per heavy atom. The van der Waals surface area contributed by atoms with Gasteiger partial charge in [0.25, 0.3) is 5.56 Å². The molecule has 1 N–H and O–H groups in total. The van der Waals surface area contributed by atoms with Gasteiger partial charge in [0.05, 0.1) is 0 Å². The molecule has 6 heteroatoms. The molecule has 62 valence electrons. The molecule has 12 heavy (non-hydrogen) atoms. The van der Waals surface area contributed by atoms with Gasteiger partial charge in [-0.25, -0.2) is 9.67 Å². The lowest BCUT2D eigenvalue weighted by Crippen LogP contribution is -2.12. The Labute approximate surface area is 67.2 Å². The summed E-state index contributed by atoms with van der Waals surface area (Å²) in [7, 11) is 1.65. The number of nitrogens with one attached hydrogen (secondary N) is 1. The fourth-order valence-electron chi connectivity index (χ4n) is 1.08. The zero-order chi connectivity index (χ0) is 8.72. The van der Waals surface area contributed by atoms with Crippen molar-refractivity contribution < 1.29 is 0 Å². The number of aryl methyl sites for hydroxylation is 2. The molecule has 2 aromatic rings. The van der Waals surface area contributed by atoms with Gasteiger partial charge < -0.3 is 4.98 Å². The predicted octanol–water partition coefficient (Wildman–Crippen LogP) is -0.640. The first-order valence-electron chi connectivity index (χ1n) is 3.45. The Hall–Kier alpha value is -1.72. The van der Waals surface area contributed by atoms with Crippen LogP contribution in [0.5, 0.6) is 0 Å². The van der Waals surface area contributed by atoms with Crippen molar-refractivity contribution in [2.24, 2.45) is 7.05 Å². The number of fused-ring (bicyclic) bond motifs is 1. The molecule has 0 radical (unpaired) electrons. The standard InChI is InChI=1S/C6H7N5O/c1-3-7-5-4(6(12)8-3)11(2)10-9-5/h1-2H3,(H,7,8,12). The van der Waals surface area contributed by atoms with Gasteiger partial charge in [0.2, 0.25) is 5.65 Å². The van der Waals surface area contributed by atoms with Crippen molar-refractivity contribution in [2.45, 2.75) is 6.92 Å². The molecule has 0 bridgehead atoms. The zero-order valence-electron chi connectivity index (χ0n) is 6.70. The SMILES string of the molecule is Cc1nc2nnn(C)c2c(=O)[nH]1. The summed E-state index contributed by atoms with van der Waals surface area (Å²) in [6.07, 6.45) is 0. The van der Waals surface area contributed by atoms with Crippen molar-refractivity contribution in [3.63, 3.8) is 0 Å². The lowest BCUT2D eigenvalue weighted by molar-refractivity contribution is 0.733. The fourth-order valence-corrected chi connectivity index (χ4v) is 1.08. The van der Waals surface area contributed by atoms with E-state index in [0.29, 0.717) is 17.0 Å². The van der Waals surface area contributed by atoms with Gasteiger partial charge in [0.15, 0.2) is 5.52 Å². The summed E-state index contributed by atoms with van der Waals surface area (Å²) in [5.41, 5.74) is 0.587. The number of H-pyrrole nitrogens is 1. The van der Waals surface area contributed by atoms with Crippen molar-refractivity contribution in [1.29, 1.82) is 0 Å². The van der Waals surface area contributed by atoms with E-state index >= 15 is 0 Å². The second kappa shape index (κ2) is 2.13. The third-order valence-electron chi connectivity index (χ3n) is 1.59. The van der Waals surface area contributed by atoms with Gasteiger partial charge in [-0.15, -0.1) is 5.10 Å². The van der Waals surface area contributed by atoms with E-state index in [1.807, 2.05) is 0 Å². The normalized spacial score (nSPS) is 10.8.